The maximum Gasteiger partial charge on any atom is 0.269 e. The minimum atomic E-state index is -0.174. The molecule has 0 spiro atoms. The Morgan fingerprint density at radius 1 is 1.33 bits per heavy atom. The molecular formula is C16H18ClN3O. The molecule has 0 bridgehead atoms. The third-order valence-corrected chi connectivity index (χ3v) is 3.43. The van der Waals surface area contributed by atoms with E-state index in [0.717, 1.165) is 16.3 Å². The number of rotatable bonds is 5. The molecule has 0 aliphatic heterocycles. The van der Waals surface area contributed by atoms with Crippen molar-refractivity contribution in [1.29, 1.82) is 0 Å². The predicted molar refractivity (Wildman–Crippen MR) is 85.7 cm³/mol. The van der Waals surface area contributed by atoms with Gasteiger partial charge in [-0.15, -0.1) is 0 Å². The van der Waals surface area contributed by atoms with Crippen LogP contribution in [0.1, 0.15) is 35.9 Å². The number of nitrogens with zero attached hydrogens (tertiary/aromatic N) is 1. The van der Waals surface area contributed by atoms with Gasteiger partial charge in [0.05, 0.1) is 0 Å². The summed E-state index contributed by atoms with van der Waals surface area (Å²) in [6, 6.07) is 11.3. The first-order valence-corrected chi connectivity index (χ1v) is 7.24. The number of pyridine rings is 1. The fraction of sp³-hybridized carbons (Fsp3) is 0.250. The fourth-order valence-electron chi connectivity index (χ4n) is 2.05. The normalized spacial score (nSPS) is 11.8. The molecule has 0 aliphatic carbocycles. The number of halogens is 1. The second-order valence-electron chi connectivity index (χ2n) is 4.68. The van der Waals surface area contributed by atoms with Crippen molar-refractivity contribution in [2.24, 2.45) is 0 Å². The molecule has 4 nitrogen and oxygen atoms in total. The van der Waals surface area contributed by atoms with Gasteiger partial charge in [-0.25, -0.2) is 0 Å². The molecule has 1 unspecified atom stereocenters. The summed E-state index contributed by atoms with van der Waals surface area (Å²) in [6.07, 6.45) is 1.62. The topological polar surface area (TPSA) is 54.0 Å². The Balaban J connectivity index is 2.15. The van der Waals surface area contributed by atoms with Gasteiger partial charge < -0.3 is 10.6 Å². The van der Waals surface area contributed by atoms with E-state index < -0.39 is 0 Å². The van der Waals surface area contributed by atoms with Crippen molar-refractivity contribution in [3.8, 4) is 0 Å². The van der Waals surface area contributed by atoms with Crippen molar-refractivity contribution in [1.82, 2.24) is 10.3 Å². The summed E-state index contributed by atoms with van der Waals surface area (Å²) in [4.78, 5) is 15.9. The molecule has 1 atom stereocenters. The highest BCUT2D eigenvalue weighted by atomic mass is 35.5. The minimum absolute atomic E-state index is 0.0307. The van der Waals surface area contributed by atoms with Gasteiger partial charge in [-0.2, -0.15) is 0 Å². The van der Waals surface area contributed by atoms with Gasteiger partial charge in [-0.3, -0.25) is 9.78 Å². The molecule has 0 aliphatic rings. The molecule has 0 saturated heterocycles. The summed E-state index contributed by atoms with van der Waals surface area (Å²) >= 11 is 6.19. The average Bonchev–Trinajstić information content (AvgIpc) is 2.48. The lowest BCUT2D eigenvalue weighted by Gasteiger charge is -2.17. The van der Waals surface area contributed by atoms with E-state index in [-0.39, 0.29) is 11.9 Å². The highest BCUT2D eigenvalue weighted by Gasteiger charge is 2.11. The van der Waals surface area contributed by atoms with Crippen LogP contribution < -0.4 is 10.6 Å². The Labute approximate surface area is 129 Å². The van der Waals surface area contributed by atoms with Crippen molar-refractivity contribution in [3.05, 3.63) is 58.9 Å². The lowest BCUT2D eigenvalue weighted by Crippen LogP contribution is -2.23. The highest BCUT2D eigenvalue weighted by Crippen LogP contribution is 2.25. The Morgan fingerprint density at radius 2 is 2.10 bits per heavy atom. The second kappa shape index (κ2) is 7.09. The molecule has 2 rings (SSSR count). The molecule has 0 saturated carbocycles. The van der Waals surface area contributed by atoms with E-state index in [0.29, 0.717) is 12.2 Å². The maximum absolute atomic E-state index is 11.8. The summed E-state index contributed by atoms with van der Waals surface area (Å²) in [5.41, 5.74) is 2.24. The lowest BCUT2D eigenvalue weighted by atomic mass is 10.1. The number of anilines is 1. The molecule has 0 radical (unpaired) electrons. The summed E-state index contributed by atoms with van der Waals surface area (Å²) in [6.45, 7) is 4.47. The van der Waals surface area contributed by atoms with E-state index in [1.165, 1.54) is 0 Å². The zero-order valence-corrected chi connectivity index (χ0v) is 12.8. The Kier molecular flexibility index (Phi) is 5.17. The van der Waals surface area contributed by atoms with Crippen LogP contribution in [0.2, 0.25) is 5.02 Å². The van der Waals surface area contributed by atoms with Crippen molar-refractivity contribution in [2.75, 3.05) is 11.9 Å². The van der Waals surface area contributed by atoms with Crippen LogP contribution in [-0.2, 0) is 0 Å². The highest BCUT2D eigenvalue weighted by molar-refractivity contribution is 6.31. The molecule has 2 N–H and O–H groups in total. The monoisotopic (exact) mass is 303 g/mol. The first kappa shape index (κ1) is 15.3. The van der Waals surface area contributed by atoms with E-state index in [9.17, 15) is 4.79 Å². The second-order valence-corrected chi connectivity index (χ2v) is 5.08. The maximum atomic E-state index is 11.8. The van der Waals surface area contributed by atoms with Gasteiger partial charge in [0, 0.05) is 29.5 Å². The molecule has 1 heterocycles. The standard InChI is InChI=1S/C16H18ClN3O/c1-3-18-16(21)15-10-12(8-9-19-15)20-11(2)13-6-4-5-7-14(13)17/h4-11H,3H2,1-2H3,(H,18,21)(H,19,20). The first-order chi connectivity index (χ1) is 10.1. The van der Waals surface area contributed by atoms with Crippen LogP contribution >= 0.6 is 11.6 Å². The predicted octanol–water partition coefficient (Wildman–Crippen LogP) is 3.66. The molecular weight excluding hydrogens is 286 g/mol. The summed E-state index contributed by atoms with van der Waals surface area (Å²) < 4.78 is 0. The van der Waals surface area contributed by atoms with Gasteiger partial charge in [0.25, 0.3) is 5.91 Å². The quantitative estimate of drug-likeness (QED) is 0.886. The number of carbonyl (C=O) groups excluding carboxylic acids is 1. The van der Waals surface area contributed by atoms with Crippen molar-refractivity contribution in [3.63, 3.8) is 0 Å². The van der Waals surface area contributed by atoms with Gasteiger partial charge >= 0.3 is 0 Å². The summed E-state index contributed by atoms with van der Waals surface area (Å²) in [7, 11) is 0. The van der Waals surface area contributed by atoms with Crippen molar-refractivity contribution in [2.45, 2.75) is 19.9 Å². The Bertz CT molecular complexity index is 630. The number of aromatic nitrogens is 1. The zero-order valence-electron chi connectivity index (χ0n) is 12.1. The largest absolute Gasteiger partial charge is 0.378 e. The van der Waals surface area contributed by atoms with E-state index in [1.54, 1.807) is 12.3 Å². The summed E-state index contributed by atoms with van der Waals surface area (Å²) in [5.74, 6) is -0.174. The average molecular weight is 304 g/mol. The molecule has 5 heteroatoms. The number of benzene rings is 1. The Morgan fingerprint density at radius 3 is 2.81 bits per heavy atom. The van der Waals surface area contributed by atoms with Crippen LogP contribution in [0, 0.1) is 0 Å². The van der Waals surface area contributed by atoms with Crippen LogP contribution in [-0.4, -0.2) is 17.4 Å². The number of hydrogen-bond acceptors (Lipinski definition) is 3. The van der Waals surface area contributed by atoms with E-state index >= 15 is 0 Å². The van der Waals surface area contributed by atoms with Crippen LogP contribution in [0.5, 0.6) is 0 Å². The van der Waals surface area contributed by atoms with Gasteiger partial charge in [0.2, 0.25) is 0 Å². The minimum Gasteiger partial charge on any atom is -0.378 e. The molecule has 0 fully saturated rings. The third kappa shape index (κ3) is 3.95. The Hall–Kier alpha value is -2.07. The third-order valence-electron chi connectivity index (χ3n) is 3.08. The lowest BCUT2D eigenvalue weighted by molar-refractivity contribution is 0.0951. The molecule has 21 heavy (non-hydrogen) atoms. The van der Waals surface area contributed by atoms with Crippen LogP contribution in [0.15, 0.2) is 42.6 Å². The number of amides is 1. The SMILES string of the molecule is CCNC(=O)c1cc(NC(C)c2ccccc2Cl)ccn1. The molecule has 1 aromatic heterocycles. The number of nitrogens with one attached hydrogen (secondary N) is 2. The van der Waals surface area contributed by atoms with Gasteiger partial charge in [-0.05, 0) is 37.6 Å². The first-order valence-electron chi connectivity index (χ1n) is 6.87. The van der Waals surface area contributed by atoms with Crippen LogP contribution in [0.4, 0.5) is 5.69 Å². The van der Waals surface area contributed by atoms with Crippen molar-refractivity contribution < 1.29 is 4.79 Å². The molecule has 110 valence electrons. The molecule has 1 amide bonds. The molecule has 2 aromatic rings. The van der Waals surface area contributed by atoms with Crippen LogP contribution in [0.3, 0.4) is 0 Å². The van der Waals surface area contributed by atoms with E-state index in [1.807, 2.05) is 44.2 Å². The van der Waals surface area contributed by atoms with Gasteiger partial charge in [0.1, 0.15) is 5.69 Å². The van der Waals surface area contributed by atoms with E-state index in [4.69, 9.17) is 11.6 Å². The van der Waals surface area contributed by atoms with Gasteiger partial charge in [0.15, 0.2) is 0 Å². The van der Waals surface area contributed by atoms with Gasteiger partial charge in [-0.1, -0.05) is 29.8 Å². The van der Waals surface area contributed by atoms with Crippen molar-refractivity contribution >= 4 is 23.2 Å². The smallest absolute Gasteiger partial charge is 0.269 e. The summed E-state index contributed by atoms with van der Waals surface area (Å²) in [5, 5.41) is 6.78. The zero-order chi connectivity index (χ0) is 15.2. The molecule has 1 aromatic carbocycles. The number of carbonyl (C=O) groups is 1. The number of hydrogen-bond donors (Lipinski definition) is 2. The fourth-order valence-corrected chi connectivity index (χ4v) is 2.35. The van der Waals surface area contributed by atoms with E-state index in [2.05, 4.69) is 15.6 Å². The van der Waals surface area contributed by atoms with Crippen LogP contribution in [0.25, 0.3) is 0 Å².